The summed E-state index contributed by atoms with van der Waals surface area (Å²) in [5.74, 6) is 1.36. The number of Topliss-reactive ketones (excluding diaryl/α,β-unsaturated/α-hetero) is 1. The highest BCUT2D eigenvalue weighted by Gasteiger charge is 2.30. The topological polar surface area (TPSA) is 62.4 Å². The van der Waals surface area contributed by atoms with Crippen molar-refractivity contribution < 1.29 is 9.53 Å². The number of ether oxygens (including phenoxy) is 1. The lowest BCUT2D eigenvalue weighted by molar-refractivity contribution is -0.115. The molecule has 4 aliphatic carbocycles. The first-order valence-electron chi connectivity index (χ1n) is 10.5. The van der Waals surface area contributed by atoms with Crippen molar-refractivity contribution in [3.05, 3.63) is 82.3 Å². The lowest BCUT2D eigenvalue weighted by atomic mass is 9.78. The van der Waals surface area contributed by atoms with Crippen molar-refractivity contribution in [2.24, 2.45) is 5.92 Å². The highest BCUT2D eigenvalue weighted by molar-refractivity contribution is 5.99. The maximum absolute atomic E-state index is 12.4. The zero-order chi connectivity index (χ0) is 19.8. The smallest absolute Gasteiger partial charge is 0.186 e. The number of ketones is 1. The molecular formula is C24H27N3O2. The van der Waals surface area contributed by atoms with E-state index in [1.165, 1.54) is 22.3 Å². The molecule has 0 saturated carbocycles. The molecule has 0 aromatic rings. The Morgan fingerprint density at radius 1 is 1.03 bits per heavy atom. The molecule has 5 aliphatic rings. The van der Waals surface area contributed by atoms with E-state index in [0.717, 1.165) is 31.5 Å². The highest BCUT2D eigenvalue weighted by Crippen LogP contribution is 2.38. The van der Waals surface area contributed by atoms with Crippen molar-refractivity contribution in [2.75, 3.05) is 7.11 Å². The fraction of sp³-hybridized carbons (Fsp3) is 0.375. The first-order chi connectivity index (χ1) is 14.2. The van der Waals surface area contributed by atoms with Crippen molar-refractivity contribution in [1.29, 1.82) is 0 Å². The van der Waals surface area contributed by atoms with Crippen molar-refractivity contribution in [3.8, 4) is 0 Å². The van der Waals surface area contributed by atoms with Crippen LogP contribution in [-0.4, -0.2) is 25.4 Å². The quantitative estimate of drug-likeness (QED) is 0.633. The van der Waals surface area contributed by atoms with Crippen LogP contribution in [-0.2, 0) is 9.53 Å². The molecule has 5 rings (SSSR count). The van der Waals surface area contributed by atoms with Gasteiger partial charge in [-0.1, -0.05) is 48.6 Å². The summed E-state index contributed by atoms with van der Waals surface area (Å²) in [7, 11) is 1.66. The first-order valence-corrected chi connectivity index (χ1v) is 10.5. The average Bonchev–Trinajstić information content (AvgIpc) is 2.77. The molecule has 150 valence electrons. The minimum absolute atomic E-state index is 0.119. The molecule has 1 aliphatic heterocycles. The Morgan fingerprint density at radius 2 is 1.90 bits per heavy atom. The molecule has 1 heterocycles. The predicted molar refractivity (Wildman–Crippen MR) is 113 cm³/mol. The number of hydrogen-bond acceptors (Lipinski definition) is 5. The summed E-state index contributed by atoms with van der Waals surface area (Å²) in [6, 6.07) is 0. The van der Waals surface area contributed by atoms with Crippen LogP contribution in [0, 0.1) is 5.92 Å². The van der Waals surface area contributed by atoms with Gasteiger partial charge in [-0.25, -0.2) is 0 Å². The molecule has 5 heteroatoms. The van der Waals surface area contributed by atoms with E-state index < -0.39 is 0 Å². The van der Waals surface area contributed by atoms with E-state index in [0.29, 0.717) is 17.9 Å². The van der Waals surface area contributed by atoms with Gasteiger partial charge in [0, 0.05) is 19.4 Å². The Hall–Kier alpha value is -2.63. The van der Waals surface area contributed by atoms with E-state index in [9.17, 15) is 4.79 Å². The molecular weight excluding hydrogens is 362 g/mol. The molecule has 3 unspecified atom stereocenters. The van der Waals surface area contributed by atoms with Gasteiger partial charge in [0.2, 0.25) is 0 Å². The molecule has 0 aromatic carbocycles. The van der Waals surface area contributed by atoms with Crippen LogP contribution in [0.5, 0.6) is 0 Å². The Labute approximate surface area is 171 Å². The minimum Gasteiger partial charge on any atom is -0.352 e. The van der Waals surface area contributed by atoms with Gasteiger partial charge in [-0.3, -0.25) is 10.1 Å². The predicted octanol–water partition coefficient (Wildman–Crippen LogP) is 3.24. The second kappa shape index (κ2) is 7.65. The van der Waals surface area contributed by atoms with E-state index in [-0.39, 0.29) is 18.3 Å². The minimum atomic E-state index is -0.360. The molecule has 0 aromatic heterocycles. The fourth-order valence-electron chi connectivity index (χ4n) is 4.59. The molecule has 3 atom stereocenters. The lowest BCUT2D eigenvalue weighted by Crippen LogP contribution is -2.62. The number of allylic oxidation sites excluding steroid dienone is 11. The fourth-order valence-corrected chi connectivity index (χ4v) is 4.59. The third kappa shape index (κ3) is 3.56. The van der Waals surface area contributed by atoms with Crippen LogP contribution in [0.2, 0.25) is 0 Å². The summed E-state index contributed by atoms with van der Waals surface area (Å²) < 4.78 is 5.54. The van der Waals surface area contributed by atoms with Crippen LogP contribution in [0.25, 0.3) is 0 Å². The maximum Gasteiger partial charge on any atom is 0.186 e. The molecule has 5 nitrogen and oxygen atoms in total. The van der Waals surface area contributed by atoms with Gasteiger partial charge in [-0.05, 0) is 48.0 Å². The van der Waals surface area contributed by atoms with Crippen molar-refractivity contribution in [1.82, 2.24) is 16.0 Å². The van der Waals surface area contributed by atoms with Gasteiger partial charge < -0.3 is 15.4 Å². The number of carbonyl (C=O) groups excluding carboxylic acids is 1. The number of carbonyl (C=O) groups is 1. The third-order valence-corrected chi connectivity index (χ3v) is 6.19. The monoisotopic (exact) mass is 389 g/mol. The van der Waals surface area contributed by atoms with Crippen LogP contribution in [0.15, 0.2) is 82.3 Å². The molecule has 0 amide bonds. The molecule has 0 radical (unpaired) electrons. The van der Waals surface area contributed by atoms with Gasteiger partial charge in [0.15, 0.2) is 12.1 Å². The number of hydrogen-bond donors (Lipinski definition) is 3. The van der Waals surface area contributed by atoms with E-state index in [2.05, 4.69) is 52.4 Å². The zero-order valence-electron chi connectivity index (χ0n) is 16.7. The number of nitrogens with one attached hydrogen (secondary N) is 3. The highest BCUT2D eigenvalue weighted by atomic mass is 16.5. The van der Waals surface area contributed by atoms with E-state index in [1.807, 2.05) is 12.2 Å². The summed E-state index contributed by atoms with van der Waals surface area (Å²) in [4.78, 5) is 12.4. The summed E-state index contributed by atoms with van der Waals surface area (Å²) in [5.41, 5.74) is 6.07. The average molecular weight is 389 g/mol. The van der Waals surface area contributed by atoms with Gasteiger partial charge in [-0.2, -0.15) is 0 Å². The van der Waals surface area contributed by atoms with Crippen LogP contribution in [0.3, 0.4) is 0 Å². The van der Waals surface area contributed by atoms with Crippen molar-refractivity contribution in [3.63, 3.8) is 0 Å². The van der Waals surface area contributed by atoms with E-state index in [4.69, 9.17) is 4.74 Å². The van der Waals surface area contributed by atoms with Crippen LogP contribution < -0.4 is 16.0 Å². The second-order valence-corrected chi connectivity index (χ2v) is 8.08. The van der Waals surface area contributed by atoms with Crippen LogP contribution >= 0.6 is 0 Å². The summed E-state index contributed by atoms with van der Waals surface area (Å²) in [6.45, 7) is 0. The molecule has 0 bridgehead atoms. The maximum atomic E-state index is 12.4. The Balaban J connectivity index is 1.43. The van der Waals surface area contributed by atoms with Gasteiger partial charge in [0.05, 0.1) is 5.57 Å². The molecule has 0 spiro atoms. The number of methoxy groups -OCH3 is 1. The molecule has 29 heavy (non-hydrogen) atoms. The largest absolute Gasteiger partial charge is 0.352 e. The summed E-state index contributed by atoms with van der Waals surface area (Å²) in [6.07, 6.45) is 22.0. The summed E-state index contributed by atoms with van der Waals surface area (Å²) >= 11 is 0. The van der Waals surface area contributed by atoms with Gasteiger partial charge in [-0.15, -0.1) is 0 Å². The Bertz CT molecular complexity index is 945. The standard InChI is InChI=1S/C24H27N3O2/c1-29-24-26-22(25-23(27-24)20-8-4-5-9-21(20)28)18-11-10-17-12-15-6-2-3-7-16(15)13-19(17)14-18/h3-4,7-8,11-14,17,22,24-27H,2,5-6,9-10H2,1H3. The van der Waals surface area contributed by atoms with Crippen LogP contribution in [0.1, 0.15) is 32.1 Å². The first kappa shape index (κ1) is 18.4. The lowest BCUT2D eigenvalue weighted by Gasteiger charge is -2.38. The Morgan fingerprint density at radius 3 is 2.76 bits per heavy atom. The molecule has 3 N–H and O–H groups in total. The zero-order valence-corrected chi connectivity index (χ0v) is 16.7. The number of fused-ring (bicyclic) bond motifs is 2. The normalized spacial score (nSPS) is 33.4. The number of rotatable bonds is 2. The van der Waals surface area contributed by atoms with Gasteiger partial charge >= 0.3 is 0 Å². The van der Waals surface area contributed by atoms with Gasteiger partial charge in [0.25, 0.3) is 0 Å². The van der Waals surface area contributed by atoms with Gasteiger partial charge in [0.1, 0.15) is 12.0 Å². The van der Waals surface area contributed by atoms with Crippen molar-refractivity contribution >= 4 is 5.78 Å². The van der Waals surface area contributed by atoms with Crippen LogP contribution in [0.4, 0.5) is 0 Å². The van der Waals surface area contributed by atoms with E-state index in [1.54, 1.807) is 7.11 Å². The second-order valence-electron chi connectivity index (χ2n) is 8.08. The summed E-state index contributed by atoms with van der Waals surface area (Å²) in [5, 5.41) is 10.2. The Kier molecular flexibility index (Phi) is 4.86. The SMILES string of the molecule is COC1NC(=C2C=CCCC2=O)NC(C2=CCC3C=C4CCC=CC4=CC3=C2)N1. The third-order valence-electron chi connectivity index (χ3n) is 6.19. The molecule has 1 fully saturated rings. The van der Waals surface area contributed by atoms with E-state index >= 15 is 0 Å². The van der Waals surface area contributed by atoms with Crippen molar-refractivity contribution in [2.45, 2.75) is 44.6 Å². The molecule has 1 saturated heterocycles.